The third kappa shape index (κ3) is 2.91. The Morgan fingerprint density at radius 2 is 2.00 bits per heavy atom. The lowest BCUT2D eigenvalue weighted by Gasteiger charge is -2.17. The Balaban J connectivity index is 2.23. The quantitative estimate of drug-likeness (QED) is 0.940. The van der Waals surface area contributed by atoms with E-state index in [0.29, 0.717) is 5.56 Å². The van der Waals surface area contributed by atoms with Gasteiger partial charge in [0.2, 0.25) is 0 Å². The topological polar surface area (TPSA) is 56.1 Å². The molecule has 5 heteroatoms. The first-order valence-electron chi connectivity index (χ1n) is 6.89. The second-order valence-corrected chi connectivity index (χ2v) is 5.11. The zero-order valence-electron chi connectivity index (χ0n) is 13.1. The van der Waals surface area contributed by atoms with Crippen LogP contribution in [0.1, 0.15) is 40.3 Å². The van der Waals surface area contributed by atoms with Crippen molar-refractivity contribution in [1.82, 2.24) is 15.1 Å². The van der Waals surface area contributed by atoms with Gasteiger partial charge in [0.1, 0.15) is 5.75 Å². The molecule has 0 bridgehead atoms. The molecule has 1 unspecified atom stereocenters. The molecule has 0 aliphatic rings. The molecule has 0 spiro atoms. The second kappa shape index (κ2) is 5.99. The number of benzene rings is 1. The predicted molar refractivity (Wildman–Crippen MR) is 81.6 cm³/mol. The Bertz CT molecular complexity index is 662. The van der Waals surface area contributed by atoms with E-state index >= 15 is 0 Å². The molecule has 0 aliphatic carbocycles. The van der Waals surface area contributed by atoms with Crippen molar-refractivity contribution in [2.45, 2.75) is 26.8 Å². The highest BCUT2D eigenvalue weighted by Crippen LogP contribution is 2.25. The molecule has 1 amide bonds. The third-order valence-corrected chi connectivity index (χ3v) is 3.69. The number of nitrogens with one attached hydrogen (secondary N) is 1. The van der Waals surface area contributed by atoms with Crippen molar-refractivity contribution in [1.29, 1.82) is 0 Å². The lowest BCUT2D eigenvalue weighted by atomic mass is 10.1. The van der Waals surface area contributed by atoms with Gasteiger partial charge in [0.05, 0.1) is 24.4 Å². The predicted octanol–water partition coefficient (Wildman–Crippen LogP) is 2.54. The largest absolute Gasteiger partial charge is 0.496 e. The van der Waals surface area contributed by atoms with E-state index in [-0.39, 0.29) is 11.9 Å². The maximum atomic E-state index is 12.5. The number of aryl methyl sites for hydroxylation is 2. The summed E-state index contributed by atoms with van der Waals surface area (Å²) in [5.74, 6) is 0.654. The van der Waals surface area contributed by atoms with Gasteiger partial charge in [-0.05, 0) is 26.8 Å². The van der Waals surface area contributed by atoms with Gasteiger partial charge in [-0.2, -0.15) is 5.10 Å². The van der Waals surface area contributed by atoms with Crippen molar-refractivity contribution in [3.63, 3.8) is 0 Å². The molecular formula is C16H21N3O2. The number of hydrogen-bond acceptors (Lipinski definition) is 3. The van der Waals surface area contributed by atoms with E-state index in [1.54, 1.807) is 11.8 Å². The minimum absolute atomic E-state index is 0.114. The number of rotatable bonds is 4. The minimum atomic E-state index is -0.146. The highest BCUT2D eigenvalue weighted by atomic mass is 16.5. The van der Waals surface area contributed by atoms with Crippen LogP contribution in [-0.2, 0) is 7.05 Å². The van der Waals surface area contributed by atoms with E-state index < -0.39 is 0 Å². The van der Waals surface area contributed by atoms with Gasteiger partial charge >= 0.3 is 0 Å². The van der Waals surface area contributed by atoms with E-state index in [9.17, 15) is 4.79 Å². The summed E-state index contributed by atoms with van der Waals surface area (Å²) in [6, 6.07) is 7.53. The van der Waals surface area contributed by atoms with Crippen LogP contribution in [0, 0.1) is 13.8 Å². The van der Waals surface area contributed by atoms with Gasteiger partial charge in [-0.15, -0.1) is 0 Å². The summed E-state index contributed by atoms with van der Waals surface area (Å²) in [6.45, 7) is 5.68. The fraction of sp³-hybridized carbons (Fsp3) is 0.375. The van der Waals surface area contributed by atoms with Crippen LogP contribution < -0.4 is 10.1 Å². The average molecular weight is 287 g/mol. The van der Waals surface area contributed by atoms with Gasteiger partial charge in [-0.25, -0.2) is 0 Å². The van der Waals surface area contributed by atoms with Crippen molar-refractivity contribution in [2.24, 2.45) is 7.05 Å². The normalized spacial score (nSPS) is 12.0. The molecule has 2 rings (SSSR count). The number of methoxy groups -OCH3 is 1. The molecule has 112 valence electrons. The Morgan fingerprint density at radius 1 is 1.33 bits per heavy atom. The molecule has 0 saturated carbocycles. The first kappa shape index (κ1) is 15.1. The van der Waals surface area contributed by atoms with Crippen LogP contribution in [0.25, 0.3) is 0 Å². The summed E-state index contributed by atoms with van der Waals surface area (Å²) >= 11 is 0. The first-order chi connectivity index (χ1) is 9.95. The van der Waals surface area contributed by atoms with E-state index in [4.69, 9.17) is 4.74 Å². The van der Waals surface area contributed by atoms with Gasteiger partial charge in [-0.1, -0.05) is 18.2 Å². The summed E-state index contributed by atoms with van der Waals surface area (Å²) in [5.41, 5.74) is 3.18. The molecule has 21 heavy (non-hydrogen) atoms. The number of ether oxygens (including phenoxy) is 1. The zero-order valence-corrected chi connectivity index (χ0v) is 13.1. The van der Waals surface area contributed by atoms with Crippen LogP contribution in [0.4, 0.5) is 0 Å². The van der Waals surface area contributed by atoms with Gasteiger partial charge in [0.15, 0.2) is 0 Å². The Labute approximate surface area is 124 Å². The Hall–Kier alpha value is -2.30. The number of carbonyl (C=O) groups excluding carboxylic acids is 1. The van der Waals surface area contributed by atoms with E-state index in [1.807, 2.05) is 52.1 Å². The average Bonchev–Trinajstić information content (AvgIpc) is 2.71. The van der Waals surface area contributed by atoms with Crippen LogP contribution in [0.15, 0.2) is 24.3 Å². The Kier molecular flexibility index (Phi) is 4.31. The zero-order chi connectivity index (χ0) is 15.6. The summed E-state index contributed by atoms with van der Waals surface area (Å²) in [4.78, 5) is 12.5. The van der Waals surface area contributed by atoms with E-state index in [2.05, 4.69) is 10.4 Å². The number of amides is 1. The lowest BCUT2D eigenvalue weighted by Crippen LogP contribution is -2.27. The van der Waals surface area contributed by atoms with Crippen molar-refractivity contribution < 1.29 is 9.53 Å². The number of nitrogens with zero attached hydrogens (tertiary/aromatic N) is 2. The van der Waals surface area contributed by atoms with Crippen molar-refractivity contribution >= 4 is 5.91 Å². The van der Waals surface area contributed by atoms with Gasteiger partial charge in [-0.3, -0.25) is 9.48 Å². The van der Waals surface area contributed by atoms with Gasteiger partial charge < -0.3 is 10.1 Å². The smallest absolute Gasteiger partial charge is 0.255 e. The molecule has 0 aliphatic heterocycles. The molecular weight excluding hydrogens is 266 g/mol. The van der Waals surface area contributed by atoms with Crippen LogP contribution in [0.2, 0.25) is 0 Å². The highest BCUT2D eigenvalue weighted by molar-refractivity contribution is 5.96. The molecule has 0 radical (unpaired) electrons. The van der Waals surface area contributed by atoms with Crippen LogP contribution >= 0.6 is 0 Å². The van der Waals surface area contributed by atoms with E-state index in [0.717, 1.165) is 22.7 Å². The van der Waals surface area contributed by atoms with Crippen LogP contribution in [0.3, 0.4) is 0 Å². The molecule has 5 nitrogen and oxygen atoms in total. The lowest BCUT2D eigenvalue weighted by molar-refractivity contribution is 0.0938. The fourth-order valence-electron chi connectivity index (χ4n) is 2.47. The van der Waals surface area contributed by atoms with Gasteiger partial charge in [0, 0.05) is 18.3 Å². The monoisotopic (exact) mass is 287 g/mol. The molecule has 1 aromatic heterocycles. The molecule has 0 saturated heterocycles. The third-order valence-electron chi connectivity index (χ3n) is 3.69. The van der Waals surface area contributed by atoms with Crippen LogP contribution in [0.5, 0.6) is 5.75 Å². The fourth-order valence-corrected chi connectivity index (χ4v) is 2.47. The van der Waals surface area contributed by atoms with Crippen LogP contribution in [-0.4, -0.2) is 22.8 Å². The molecule has 1 aromatic carbocycles. The summed E-state index contributed by atoms with van der Waals surface area (Å²) < 4.78 is 7.06. The summed E-state index contributed by atoms with van der Waals surface area (Å²) in [6.07, 6.45) is 0. The maximum Gasteiger partial charge on any atom is 0.255 e. The number of aromatic nitrogens is 2. The number of hydrogen-bond donors (Lipinski definition) is 1. The van der Waals surface area contributed by atoms with E-state index in [1.165, 1.54) is 0 Å². The minimum Gasteiger partial charge on any atom is -0.496 e. The first-order valence-corrected chi connectivity index (χ1v) is 6.89. The van der Waals surface area contributed by atoms with Crippen molar-refractivity contribution in [3.05, 3.63) is 46.8 Å². The molecule has 2 aromatic rings. The number of carbonyl (C=O) groups is 1. The summed E-state index contributed by atoms with van der Waals surface area (Å²) in [7, 11) is 3.46. The highest BCUT2D eigenvalue weighted by Gasteiger charge is 2.20. The summed E-state index contributed by atoms with van der Waals surface area (Å²) in [5, 5.41) is 7.29. The maximum absolute atomic E-state index is 12.5. The molecule has 0 fully saturated rings. The molecule has 1 N–H and O–H groups in total. The number of para-hydroxylation sites is 1. The second-order valence-electron chi connectivity index (χ2n) is 5.11. The van der Waals surface area contributed by atoms with Gasteiger partial charge in [0.25, 0.3) is 5.91 Å². The standard InChI is InChI=1S/C16H21N3O2/c1-10(13-8-6-7-9-14(13)21-5)17-16(20)15-11(2)18-19(4)12(15)3/h6-10H,1-5H3,(H,17,20). The SMILES string of the molecule is COc1ccccc1C(C)NC(=O)c1c(C)nn(C)c1C. The van der Waals surface area contributed by atoms with Crippen molar-refractivity contribution in [2.75, 3.05) is 7.11 Å². The molecule has 1 heterocycles. The van der Waals surface area contributed by atoms with Crippen molar-refractivity contribution in [3.8, 4) is 5.75 Å². The molecule has 1 atom stereocenters. The Morgan fingerprint density at radius 3 is 2.57 bits per heavy atom.